The first-order valence-corrected chi connectivity index (χ1v) is 7.67. The molecule has 0 bridgehead atoms. The minimum Gasteiger partial charge on any atom is -0.350 e. The number of halogens is 1. The molecule has 17 heavy (non-hydrogen) atoms. The van der Waals surface area contributed by atoms with Crippen molar-refractivity contribution in [3.63, 3.8) is 0 Å². The first-order valence-electron chi connectivity index (χ1n) is 5.05. The fraction of sp³-hybridized carbons (Fsp3) is 0.400. The smallest absolute Gasteiger partial charge is 0.271 e. The van der Waals surface area contributed by atoms with Crippen molar-refractivity contribution in [2.75, 3.05) is 18.1 Å². The number of hydrogen-bond donors (Lipinski definition) is 1. The number of pyridine rings is 1. The molecule has 0 radical (unpaired) electrons. The summed E-state index contributed by atoms with van der Waals surface area (Å²) in [6.45, 7) is 1.67. The second-order valence-corrected chi connectivity index (χ2v) is 6.65. The third-order valence-electron chi connectivity index (χ3n) is 2.11. The highest BCUT2D eigenvalue weighted by atomic mass is 79.9. The van der Waals surface area contributed by atoms with Gasteiger partial charge in [-0.15, -0.1) is 0 Å². The Kier molecular flexibility index (Phi) is 5.07. The highest BCUT2D eigenvalue weighted by molar-refractivity contribution is 9.10. The molecule has 1 aromatic heterocycles. The number of rotatable bonds is 5. The normalized spacial score (nSPS) is 11.2. The lowest BCUT2D eigenvalue weighted by Gasteiger charge is -2.05. The second-order valence-electron chi connectivity index (χ2n) is 3.33. The van der Waals surface area contributed by atoms with E-state index in [1.54, 1.807) is 19.1 Å². The summed E-state index contributed by atoms with van der Waals surface area (Å²) in [5.41, 5.74) is 0.251. The summed E-state index contributed by atoms with van der Waals surface area (Å²) in [7, 11) is -3.05. The maximum atomic E-state index is 11.6. The molecule has 7 heteroatoms. The summed E-state index contributed by atoms with van der Waals surface area (Å²) in [5.74, 6) is -0.362. The summed E-state index contributed by atoms with van der Waals surface area (Å²) in [6.07, 6.45) is 1.50. The van der Waals surface area contributed by atoms with Crippen LogP contribution in [0.1, 0.15) is 17.4 Å². The molecule has 1 heterocycles. The van der Waals surface area contributed by atoms with Crippen LogP contribution < -0.4 is 5.32 Å². The van der Waals surface area contributed by atoms with Crippen LogP contribution in [0.25, 0.3) is 0 Å². The molecule has 0 fully saturated rings. The Bertz CT molecular complexity index is 502. The van der Waals surface area contributed by atoms with Gasteiger partial charge in [-0.1, -0.05) is 6.92 Å². The third kappa shape index (κ3) is 4.43. The van der Waals surface area contributed by atoms with Crippen molar-refractivity contribution >= 4 is 31.7 Å². The Morgan fingerprint density at radius 3 is 2.82 bits per heavy atom. The Balaban J connectivity index is 2.55. The minimum atomic E-state index is -3.05. The molecule has 0 aliphatic rings. The van der Waals surface area contributed by atoms with Gasteiger partial charge in [0.25, 0.3) is 5.91 Å². The van der Waals surface area contributed by atoms with Crippen LogP contribution >= 0.6 is 15.9 Å². The second kappa shape index (κ2) is 6.11. The van der Waals surface area contributed by atoms with E-state index in [2.05, 4.69) is 26.2 Å². The van der Waals surface area contributed by atoms with E-state index in [0.29, 0.717) is 4.47 Å². The number of nitrogens with zero attached hydrogens (tertiary/aromatic N) is 1. The van der Waals surface area contributed by atoms with Crippen molar-refractivity contribution in [1.29, 1.82) is 0 Å². The highest BCUT2D eigenvalue weighted by Crippen LogP contribution is 2.12. The van der Waals surface area contributed by atoms with Gasteiger partial charge < -0.3 is 5.32 Å². The molecule has 0 aliphatic heterocycles. The number of carbonyl (C=O) groups is 1. The van der Waals surface area contributed by atoms with Crippen molar-refractivity contribution in [3.05, 3.63) is 28.5 Å². The quantitative estimate of drug-likeness (QED) is 0.878. The average Bonchev–Trinajstić information content (AvgIpc) is 2.29. The summed E-state index contributed by atoms with van der Waals surface area (Å²) in [4.78, 5) is 15.5. The molecule has 1 rings (SSSR count). The van der Waals surface area contributed by atoms with E-state index < -0.39 is 9.84 Å². The van der Waals surface area contributed by atoms with Gasteiger partial charge in [0.2, 0.25) is 0 Å². The van der Waals surface area contributed by atoms with E-state index in [-0.39, 0.29) is 29.7 Å². The van der Waals surface area contributed by atoms with Crippen LogP contribution in [0.4, 0.5) is 0 Å². The zero-order valence-electron chi connectivity index (χ0n) is 9.31. The lowest BCUT2D eigenvalue weighted by atomic mass is 10.3. The Hall–Kier alpha value is -0.950. The van der Waals surface area contributed by atoms with Crippen LogP contribution in [0.2, 0.25) is 0 Å². The molecule has 0 aliphatic carbocycles. The van der Waals surface area contributed by atoms with Gasteiger partial charge in [0.05, 0.1) is 5.75 Å². The minimum absolute atomic E-state index is 0.0559. The highest BCUT2D eigenvalue weighted by Gasteiger charge is 2.12. The fourth-order valence-electron chi connectivity index (χ4n) is 1.10. The summed E-state index contributed by atoms with van der Waals surface area (Å²) >= 11 is 3.20. The molecule has 0 aromatic carbocycles. The predicted octanol–water partition coefficient (Wildman–Crippen LogP) is 1.01. The number of nitrogens with one attached hydrogen (secondary N) is 1. The molecule has 1 amide bonds. The topological polar surface area (TPSA) is 76.1 Å². The lowest BCUT2D eigenvalue weighted by Crippen LogP contribution is -2.30. The Morgan fingerprint density at radius 2 is 2.24 bits per heavy atom. The van der Waals surface area contributed by atoms with Gasteiger partial charge in [0.15, 0.2) is 9.84 Å². The van der Waals surface area contributed by atoms with Crippen molar-refractivity contribution < 1.29 is 13.2 Å². The first-order chi connectivity index (χ1) is 7.96. The van der Waals surface area contributed by atoms with E-state index in [4.69, 9.17) is 0 Å². The summed E-state index contributed by atoms with van der Waals surface area (Å²) < 4.78 is 23.0. The van der Waals surface area contributed by atoms with Gasteiger partial charge in [-0.25, -0.2) is 13.4 Å². The molecule has 0 atom stereocenters. The van der Waals surface area contributed by atoms with Gasteiger partial charge >= 0.3 is 0 Å². The molecule has 0 unspecified atom stereocenters. The number of carbonyl (C=O) groups excluding carboxylic acids is 1. The molecule has 0 saturated carbocycles. The maximum Gasteiger partial charge on any atom is 0.271 e. The molecule has 1 aromatic rings. The number of amides is 1. The zero-order valence-corrected chi connectivity index (χ0v) is 11.7. The van der Waals surface area contributed by atoms with Crippen LogP contribution in [0, 0.1) is 0 Å². The number of sulfone groups is 1. The van der Waals surface area contributed by atoms with Crippen molar-refractivity contribution in [2.45, 2.75) is 6.92 Å². The van der Waals surface area contributed by atoms with Crippen molar-refractivity contribution in [3.8, 4) is 0 Å². The molecule has 0 spiro atoms. The molecular formula is C10H13BrN2O3S. The lowest BCUT2D eigenvalue weighted by molar-refractivity contribution is 0.0950. The number of aromatic nitrogens is 1. The van der Waals surface area contributed by atoms with Crippen molar-refractivity contribution in [2.24, 2.45) is 0 Å². The maximum absolute atomic E-state index is 11.6. The van der Waals surface area contributed by atoms with Crippen molar-refractivity contribution in [1.82, 2.24) is 10.3 Å². The molecule has 5 nitrogen and oxygen atoms in total. The standard InChI is InChI=1S/C10H13BrN2O3S/c1-2-17(15,16)7-6-13-10(14)9-8(11)4-3-5-12-9/h3-5H,2,6-7H2,1H3,(H,13,14). The predicted molar refractivity (Wildman–Crippen MR) is 68.6 cm³/mol. The molecule has 94 valence electrons. The van der Waals surface area contributed by atoms with Gasteiger partial charge in [-0.2, -0.15) is 0 Å². The zero-order chi connectivity index (χ0) is 12.9. The van der Waals surface area contributed by atoms with Crippen LogP contribution in [-0.4, -0.2) is 37.4 Å². The average molecular weight is 321 g/mol. The third-order valence-corrected chi connectivity index (χ3v) is 4.46. The molecule has 0 saturated heterocycles. The number of hydrogen-bond acceptors (Lipinski definition) is 4. The molecular weight excluding hydrogens is 308 g/mol. The van der Waals surface area contributed by atoms with E-state index in [0.717, 1.165) is 0 Å². The summed E-state index contributed by atoms with van der Waals surface area (Å²) in [5, 5.41) is 2.52. The van der Waals surface area contributed by atoms with Gasteiger partial charge in [0.1, 0.15) is 5.69 Å². The Labute approximate surface area is 109 Å². The van der Waals surface area contributed by atoms with Crippen LogP contribution in [0.3, 0.4) is 0 Å². The first kappa shape index (κ1) is 14.1. The van der Waals surface area contributed by atoms with Crippen LogP contribution in [-0.2, 0) is 9.84 Å². The van der Waals surface area contributed by atoms with E-state index in [9.17, 15) is 13.2 Å². The summed E-state index contributed by atoms with van der Waals surface area (Å²) in [6, 6.07) is 3.40. The molecule has 1 N–H and O–H groups in total. The van der Waals surface area contributed by atoms with E-state index in [1.807, 2.05) is 0 Å². The van der Waals surface area contributed by atoms with Crippen LogP contribution in [0.5, 0.6) is 0 Å². The van der Waals surface area contributed by atoms with E-state index in [1.165, 1.54) is 6.20 Å². The van der Waals surface area contributed by atoms with Crippen LogP contribution in [0.15, 0.2) is 22.8 Å². The van der Waals surface area contributed by atoms with Gasteiger partial charge in [-0.05, 0) is 28.1 Å². The monoisotopic (exact) mass is 320 g/mol. The largest absolute Gasteiger partial charge is 0.350 e. The SMILES string of the molecule is CCS(=O)(=O)CCNC(=O)c1ncccc1Br. The van der Waals surface area contributed by atoms with E-state index >= 15 is 0 Å². The van der Waals surface area contributed by atoms with Gasteiger partial charge in [0, 0.05) is 23.0 Å². The van der Waals surface area contributed by atoms with Gasteiger partial charge in [-0.3, -0.25) is 4.79 Å². The fourth-order valence-corrected chi connectivity index (χ4v) is 2.24. The Morgan fingerprint density at radius 1 is 1.53 bits per heavy atom.